The number of halogens is 1. The van der Waals surface area contributed by atoms with E-state index in [1.165, 1.54) is 0 Å². The van der Waals surface area contributed by atoms with Gasteiger partial charge in [-0.05, 0) is 44.2 Å². The highest BCUT2D eigenvalue weighted by Crippen LogP contribution is 2.34. The first-order chi connectivity index (χ1) is 12.5. The van der Waals surface area contributed by atoms with Crippen LogP contribution in [0.1, 0.15) is 30.2 Å². The van der Waals surface area contributed by atoms with E-state index >= 15 is 0 Å². The van der Waals surface area contributed by atoms with Crippen LogP contribution in [0.15, 0.2) is 52.1 Å². The predicted molar refractivity (Wildman–Crippen MR) is 105 cm³/mol. The van der Waals surface area contributed by atoms with Gasteiger partial charge in [-0.2, -0.15) is 0 Å². The summed E-state index contributed by atoms with van der Waals surface area (Å²) in [5, 5.41) is 8.20. The third-order valence-corrected chi connectivity index (χ3v) is 5.68. The van der Waals surface area contributed by atoms with Crippen LogP contribution in [0.5, 0.6) is 0 Å². The minimum atomic E-state index is -0.0463. The van der Waals surface area contributed by atoms with E-state index < -0.39 is 0 Å². The van der Waals surface area contributed by atoms with Gasteiger partial charge in [-0.1, -0.05) is 22.0 Å². The van der Waals surface area contributed by atoms with Crippen molar-refractivity contribution in [1.82, 2.24) is 19.7 Å². The fourth-order valence-electron chi connectivity index (χ4n) is 2.81. The number of amides is 1. The Morgan fingerprint density at radius 3 is 2.88 bits per heavy atom. The summed E-state index contributed by atoms with van der Waals surface area (Å²) in [7, 11) is 0. The number of rotatable bonds is 3. The minimum absolute atomic E-state index is 0.0463. The molecule has 6 nitrogen and oxygen atoms in total. The van der Waals surface area contributed by atoms with Crippen LogP contribution in [0, 0.1) is 0 Å². The van der Waals surface area contributed by atoms with E-state index in [2.05, 4.69) is 45.0 Å². The van der Waals surface area contributed by atoms with Crippen molar-refractivity contribution in [2.45, 2.75) is 24.8 Å². The molecule has 3 aromatic rings. The SMILES string of the molecule is CC(C)n1cnnc1-c1cccc(N2CSc3ccc(Br)cc3C2=O)n1. The predicted octanol–water partition coefficient (Wildman–Crippen LogP) is 4.39. The molecule has 1 aromatic carbocycles. The number of thioether (sulfide) groups is 1. The fraction of sp³-hybridized carbons (Fsp3) is 0.222. The summed E-state index contributed by atoms with van der Waals surface area (Å²) < 4.78 is 2.85. The largest absolute Gasteiger partial charge is 0.310 e. The molecule has 0 bridgehead atoms. The maximum absolute atomic E-state index is 13.0. The van der Waals surface area contributed by atoms with Crippen molar-refractivity contribution < 1.29 is 4.79 Å². The number of pyridine rings is 1. The number of aromatic nitrogens is 4. The lowest BCUT2D eigenvalue weighted by atomic mass is 10.2. The summed E-state index contributed by atoms with van der Waals surface area (Å²) in [6, 6.07) is 11.6. The molecule has 1 amide bonds. The van der Waals surface area contributed by atoms with Crippen LogP contribution in [0.2, 0.25) is 0 Å². The molecule has 0 N–H and O–H groups in total. The van der Waals surface area contributed by atoms with E-state index in [0.29, 0.717) is 28.8 Å². The summed E-state index contributed by atoms with van der Waals surface area (Å²) in [5.74, 6) is 1.79. The van der Waals surface area contributed by atoms with Gasteiger partial charge in [0.15, 0.2) is 5.82 Å². The van der Waals surface area contributed by atoms with Gasteiger partial charge in [0.25, 0.3) is 5.91 Å². The summed E-state index contributed by atoms with van der Waals surface area (Å²) in [5.41, 5.74) is 1.39. The zero-order valence-corrected chi connectivity index (χ0v) is 16.7. The molecule has 0 saturated heterocycles. The maximum atomic E-state index is 13.0. The first-order valence-electron chi connectivity index (χ1n) is 8.16. The molecule has 2 aromatic heterocycles. The summed E-state index contributed by atoms with van der Waals surface area (Å²) in [4.78, 5) is 20.3. The van der Waals surface area contributed by atoms with Gasteiger partial charge in [-0.3, -0.25) is 9.69 Å². The van der Waals surface area contributed by atoms with Crippen molar-refractivity contribution in [2.24, 2.45) is 0 Å². The van der Waals surface area contributed by atoms with Crippen molar-refractivity contribution >= 4 is 39.4 Å². The Morgan fingerprint density at radius 1 is 1.23 bits per heavy atom. The second kappa shape index (κ2) is 6.85. The number of benzene rings is 1. The molecule has 1 aliphatic heterocycles. The van der Waals surface area contributed by atoms with Gasteiger partial charge in [0.05, 0.1) is 11.4 Å². The number of carbonyl (C=O) groups excluding carboxylic acids is 1. The topological polar surface area (TPSA) is 63.9 Å². The standard InChI is InChI=1S/C18H16BrN5OS/c1-11(2)23-9-20-22-17(23)14-4-3-5-16(21-14)24-10-26-15-7-6-12(19)8-13(15)18(24)25/h3-9,11H,10H2,1-2H3. The van der Waals surface area contributed by atoms with E-state index in [-0.39, 0.29) is 11.9 Å². The molecule has 0 fully saturated rings. The summed E-state index contributed by atoms with van der Waals surface area (Å²) in [6.07, 6.45) is 1.70. The molecule has 0 unspecified atom stereocenters. The Kier molecular flexibility index (Phi) is 4.54. The molecule has 0 saturated carbocycles. The highest BCUT2D eigenvalue weighted by atomic mass is 79.9. The molecule has 132 valence electrons. The molecule has 26 heavy (non-hydrogen) atoms. The van der Waals surface area contributed by atoms with Crippen molar-refractivity contribution in [3.63, 3.8) is 0 Å². The molecule has 1 aliphatic rings. The number of hydrogen-bond donors (Lipinski definition) is 0. The Bertz CT molecular complexity index is 987. The molecule has 0 spiro atoms. The van der Waals surface area contributed by atoms with Gasteiger partial charge in [-0.15, -0.1) is 22.0 Å². The lowest BCUT2D eigenvalue weighted by Gasteiger charge is -2.27. The molecular weight excluding hydrogens is 414 g/mol. The van der Waals surface area contributed by atoms with Crippen molar-refractivity contribution in [2.75, 3.05) is 10.8 Å². The lowest BCUT2D eigenvalue weighted by Crippen LogP contribution is -2.34. The first-order valence-corrected chi connectivity index (χ1v) is 9.93. The maximum Gasteiger partial charge on any atom is 0.261 e. The average Bonchev–Trinajstić information content (AvgIpc) is 3.13. The average molecular weight is 430 g/mol. The van der Waals surface area contributed by atoms with Gasteiger partial charge < -0.3 is 4.57 Å². The Balaban J connectivity index is 1.71. The van der Waals surface area contributed by atoms with Crippen LogP contribution < -0.4 is 4.90 Å². The van der Waals surface area contributed by atoms with Gasteiger partial charge in [0.1, 0.15) is 17.8 Å². The van der Waals surface area contributed by atoms with E-state index in [1.807, 2.05) is 41.0 Å². The Morgan fingerprint density at radius 2 is 2.08 bits per heavy atom. The van der Waals surface area contributed by atoms with Crippen LogP contribution in [0.4, 0.5) is 5.82 Å². The number of nitrogens with zero attached hydrogens (tertiary/aromatic N) is 5. The van der Waals surface area contributed by atoms with Crippen molar-refractivity contribution in [1.29, 1.82) is 0 Å². The number of fused-ring (bicyclic) bond motifs is 1. The van der Waals surface area contributed by atoms with Crippen LogP contribution in [0.25, 0.3) is 11.5 Å². The lowest BCUT2D eigenvalue weighted by molar-refractivity contribution is 0.0986. The van der Waals surface area contributed by atoms with Crippen LogP contribution in [-0.2, 0) is 0 Å². The fourth-order valence-corrected chi connectivity index (χ4v) is 4.15. The van der Waals surface area contributed by atoms with E-state index in [9.17, 15) is 4.79 Å². The Labute approximate surface area is 163 Å². The zero-order valence-electron chi connectivity index (χ0n) is 14.3. The molecule has 3 heterocycles. The highest BCUT2D eigenvalue weighted by molar-refractivity contribution is 9.10. The number of anilines is 1. The first kappa shape index (κ1) is 17.2. The zero-order chi connectivity index (χ0) is 18.3. The highest BCUT2D eigenvalue weighted by Gasteiger charge is 2.27. The van der Waals surface area contributed by atoms with Crippen molar-refractivity contribution in [3.8, 4) is 11.5 Å². The quantitative estimate of drug-likeness (QED) is 0.617. The van der Waals surface area contributed by atoms with E-state index in [4.69, 9.17) is 0 Å². The van der Waals surface area contributed by atoms with Gasteiger partial charge in [0, 0.05) is 15.4 Å². The molecule has 0 aliphatic carbocycles. The Hall–Kier alpha value is -2.19. The third-order valence-electron chi connectivity index (χ3n) is 4.14. The molecule has 4 rings (SSSR count). The van der Waals surface area contributed by atoms with Gasteiger partial charge in [-0.25, -0.2) is 4.98 Å². The van der Waals surface area contributed by atoms with Crippen LogP contribution in [0.3, 0.4) is 0 Å². The number of hydrogen-bond acceptors (Lipinski definition) is 5. The third kappa shape index (κ3) is 3.03. The summed E-state index contributed by atoms with van der Waals surface area (Å²) >= 11 is 5.07. The number of carbonyl (C=O) groups is 1. The van der Waals surface area contributed by atoms with E-state index in [1.54, 1.807) is 23.0 Å². The molecule has 0 atom stereocenters. The summed E-state index contributed by atoms with van der Waals surface area (Å²) in [6.45, 7) is 4.13. The van der Waals surface area contributed by atoms with E-state index in [0.717, 1.165) is 9.37 Å². The minimum Gasteiger partial charge on any atom is -0.310 e. The second-order valence-corrected chi connectivity index (χ2v) is 8.09. The monoisotopic (exact) mass is 429 g/mol. The molecule has 8 heteroatoms. The van der Waals surface area contributed by atoms with Crippen LogP contribution >= 0.6 is 27.7 Å². The van der Waals surface area contributed by atoms with Crippen LogP contribution in [-0.4, -0.2) is 31.5 Å². The van der Waals surface area contributed by atoms with Gasteiger partial charge >= 0.3 is 0 Å². The molecular formula is C18H16BrN5OS. The smallest absolute Gasteiger partial charge is 0.261 e. The molecule has 0 radical (unpaired) electrons. The van der Waals surface area contributed by atoms with Gasteiger partial charge in [0.2, 0.25) is 0 Å². The second-order valence-electron chi connectivity index (χ2n) is 6.18. The van der Waals surface area contributed by atoms with Crippen molar-refractivity contribution in [3.05, 3.63) is 52.8 Å². The normalized spacial score (nSPS) is 14.0.